The molecule has 1 unspecified atom stereocenters. The maximum Gasteiger partial charge on any atom is 0.253 e. The Morgan fingerprint density at radius 1 is 1.19 bits per heavy atom. The second kappa shape index (κ2) is 11.1. The Labute approximate surface area is 213 Å². The third-order valence-electron chi connectivity index (χ3n) is 8.05. The van der Waals surface area contributed by atoms with Crippen LogP contribution >= 0.6 is 0 Å². The van der Waals surface area contributed by atoms with Gasteiger partial charge in [-0.1, -0.05) is 12.1 Å². The normalized spacial score (nSPS) is 19.4. The second-order valence-corrected chi connectivity index (χ2v) is 10.4. The number of carbonyl (C=O) groups is 1. The number of likely N-dealkylation sites (tertiary alicyclic amines) is 1. The number of nitriles is 1. The first-order chi connectivity index (χ1) is 17.5. The molecule has 2 aliphatic heterocycles. The van der Waals surface area contributed by atoms with Crippen molar-refractivity contribution in [2.45, 2.75) is 37.6 Å². The number of likely N-dealkylation sites (N-methyl/N-ethyl adjacent to an activating group) is 1. The highest BCUT2D eigenvalue weighted by Crippen LogP contribution is 2.29. The number of hydrogen-bond acceptors (Lipinski definition) is 5. The fourth-order valence-electron chi connectivity index (χ4n) is 5.92. The zero-order valence-electron chi connectivity index (χ0n) is 21.1. The van der Waals surface area contributed by atoms with Crippen molar-refractivity contribution in [2.24, 2.45) is 0 Å². The van der Waals surface area contributed by atoms with Crippen LogP contribution in [0.4, 0.5) is 4.39 Å². The van der Waals surface area contributed by atoms with Crippen LogP contribution in [0, 0.1) is 17.1 Å². The fraction of sp³-hybridized carbons (Fsp3) is 0.517. The van der Waals surface area contributed by atoms with Crippen molar-refractivity contribution in [1.82, 2.24) is 14.7 Å². The first-order valence-corrected chi connectivity index (χ1v) is 13.1. The van der Waals surface area contributed by atoms with Crippen molar-refractivity contribution in [3.8, 4) is 6.07 Å². The Morgan fingerprint density at radius 2 is 1.94 bits per heavy atom. The number of rotatable bonds is 8. The summed E-state index contributed by atoms with van der Waals surface area (Å²) < 4.78 is 19.1. The van der Waals surface area contributed by atoms with Gasteiger partial charge in [0.25, 0.3) is 5.91 Å². The molecule has 0 bridgehead atoms. The number of fused-ring (bicyclic) bond motifs is 1. The average molecular weight is 491 g/mol. The van der Waals surface area contributed by atoms with E-state index in [1.807, 2.05) is 25.2 Å². The lowest BCUT2D eigenvalue weighted by atomic mass is 9.93. The minimum Gasteiger partial charge on any atom is -0.379 e. The van der Waals surface area contributed by atoms with Crippen LogP contribution in [0.5, 0.6) is 0 Å². The summed E-state index contributed by atoms with van der Waals surface area (Å²) in [5.74, 6) is -0.176. The monoisotopic (exact) mass is 490 g/mol. The van der Waals surface area contributed by atoms with E-state index in [1.165, 1.54) is 12.1 Å². The maximum absolute atomic E-state index is 13.6. The molecule has 2 aromatic carbocycles. The van der Waals surface area contributed by atoms with Gasteiger partial charge in [-0.3, -0.25) is 9.69 Å². The molecule has 190 valence electrons. The average Bonchev–Trinajstić information content (AvgIpc) is 3.36. The van der Waals surface area contributed by atoms with Gasteiger partial charge in [-0.15, -0.1) is 0 Å². The minimum absolute atomic E-state index is 0.0336. The van der Waals surface area contributed by atoms with Crippen molar-refractivity contribution in [1.29, 1.82) is 5.26 Å². The SMILES string of the molecule is CN(CC(CCN1CC(N2CCOCC2)C1)c1ccc(F)cc1)C(=O)c1cc(C#N)cc2c1CCC2. The number of nitrogens with zero attached hydrogens (tertiary/aromatic N) is 4. The molecule has 6 nitrogen and oxygen atoms in total. The number of amides is 1. The summed E-state index contributed by atoms with van der Waals surface area (Å²) in [6.45, 7) is 7.31. The standard InChI is InChI=1S/C29H35FN4O2/c1-32(29(35)28-16-21(17-31)15-23-3-2-4-27(23)28)18-24(22-5-7-25(30)8-6-22)9-10-33-19-26(20-33)34-11-13-36-14-12-34/h5-8,15-16,24,26H,2-4,9-14,18-20H2,1H3. The smallest absolute Gasteiger partial charge is 0.253 e. The number of halogens is 1. The third kappa shape index (κ3) is 5.46. The molecule has 2 fully saturated rings. The van der Waals surface area contributed by atoms with Crippen molar-refractivity contribution in [3.05, 3.63) is 70.0 Å². The molecule has 1 amide bonds. The summed E-state index contributed by atoms with van der Waals surface area (Å²) in [7, 11) is 1.84. The molecule has 0 saturated carbocycles. The highest BCUT2D eigenvalue weighted by Gasteiger charge is 2.33. The van der Waals surface area contributed by atoms with Crippen molar-refractivity contribution < 1.29 is 13.9 Å². The van der Waals surface area contributed by atoms with Gasteiger partial charge >= 0.3 is 0 Å². The van der Waals surface area contributed by atoms with Gasteiger partial charge in [0.15, 0.2) is 0 Å². The predicted molar refractivity (Wildman–Crippen MR) is 137 cm³/mol. The first-order valence-electron chi connectivity index (χ1n) is 13.1. The molecule has 0 spiro atoms. The van der Waals surface area contributed by atoms with E-state index in [0.717, 1.165) is 88.3 Å². The van der Waals surface area contributed by atoms with Crippen molar-refractivity contribution in [3.63, 3.8) is 0 Å². The van der Waals surface area contributed by atoms with Crippen molar-refractivity contribution >= 4 is 5.91 Å². The van der Waals surface area contributed by atoms with E-state index in [1.54, 1.807) is 11.0 Å². The van der Waals surface area contributed by atoms with Crippen LogP contribution < -0.4 is 0 Å². The van der Waals surface area contributed by atoms with E-state index < -0.39 is 0 Å². The molecule has 1 atom stereocenters. The Hall–Kier alpha value is -2.79. The Bertz CT molecular complexity index is 1120. The highest BCUT2D eigenvalue weighted by molar-refractivity contribution is 5.96. The molecule has 7 heteroatoms. The van der Waals surface area contributed by atoms with Gasteiger partial charge in [-0.25, -0.2) is 4.39 Å². The zero-order chi connectivity index (χ0) is 25.1. The number of aryl methyl sites for hydroxylation is 1. The summed E-state index contributed by atoms with van der Waals surface area (Å²) in [6.07, 6.45) is 3.73. The number of carbonyl (C=O) groups excluding carboxylic acids is 1. The van der Waals surface area contributed by atoms with E-state index in [9.17, 15) is 14.4 Å². The lowest BCUT2D eigenvalue weighted by Crippen LogP contribution is -2.61. The predicted octanol–water partition coefficient (Wildman–Crippen LogP) is 3.45. The van der Waals surface area contributed by atoms with Gasteiger partial charge in [-0.2, -0.15) is 5.26 Å². The molecule has 2 aromatic rings. The molecule has 0 radical (unpaired) electrons. The molecule has 5 rings (SSSR count). The van der Waals surface area contributed by atoms with E-state index in [-0.39, 0.29) is 17.6 Å². The largest absolute Gasteiger partial charge is 0.379 e. The van der Waals surface area contributed by atoms with Gasteiger partial charge in [0.1, 0.15) is 5.82 Å². The summed E-state index contributed by atoms with van der Waals surface area (Å²) in [4.78, 5) is 20.3. The topological polar surface area (TPSA) is 59.8 Å². The minimum atomic E-state index is -0.248. The van der Waals surface area contributed by atoms with Gasteiger partial charge < -0.3 is 14.5 Å². The third-order valence-corrected chi connectivity index (χ3v) is 8.05. The summed E-state index contributed by atoms with van der Waals surface area (Å²) >= 11 is 0. The van der Waals surface area contributed by atoms with Crippen LogP contribution in [-0.4, -0.2) is 86.2 Å². The van der Waals surface area contributed by atoms with E-state index in [2.05, 4.69) is 15.9 Å². The molecule has 0 N–H and O–H groups in total. The van der Waals surface area contributed by atoms with Crippen LogP contribution in [-0.2, 0) is 17.6 Å². The lowest BCUT2D eigenvalue weighted by Gasteiger charge is -2.47. The molecule has 0 aromatic heterocycles. The Balaban J connectivity index is 1.25. The van der Waals surface area contributed by atoms with Gasteiger partial charge in [-0.05, 0) is 73.2 Å². The van der Waals surface area contributed by atoms with Crippen LogP contribution in [0.15, 0.2) is 36.4 Å². The molecule has 3 aliphatic rings. The molecule has 36 heavy (non-hydrogen) atoms. The molecule has 2 heterocycles. The quantitative estimate of drug-likeness (QED) is 0.567. The number of benzene rings is 2. The van der Waals surface area contributed by atoms with E-state index >= 15 is 0 Å². The van der Waals surface area contributed by atoms with Crippen LogP contribution in [0.3, 0.4) is 0 Å². The molecule has 2 saturated heterocycles. The second-order valence-electron chi connectivity index (χ2n) is 10.4. The maximum atomic E-state index is 13.6. The Morgan fingerprint density at radius 3 is 2.67 bits per heavy atom. The van der Waals surface area contributed by atoms with Gasteiger partial charge in [0.05, 0.1) is 24.8 Å². The van der Waals surface area contributed by atoms with Crippen LogP contribution in [0.25, 0.3) is 0 Å². The summed E-state index contributed by atoms with van der Waals surface area (Å²) in [6, 6.07) is 13.2. The molecular formula is C29H35FN4O2. The van der Waals surface area contributed by atoms with Crippen LogP contribution in [0.1, 0.15) is 51.4 Å². The number of ether oxygens (including phenoxy) is 1. The number of morpholine rings is 1. The van der Waals surface area contributed by atoms with Crippen LogP contribution in [0.2, 0.25) is 0 Å². The zero-order valence-corrected chi connectivity index (χ0v) is 21.1. The molecular weight excluding hydrogens is 455 g/mol. The fourth-order valence-corrected chi connectivity index (χ4v) is 5.92. The van der Waals surface area contributed by atoms with E-state index in [0.29, 0.717) is 23.7 Å². The Kier molecular flexibility index (Phi) is 7.66. The first kappa shape index (κ1) is 24.9. The highest BCUT2D eigenvalue weighted by atomic mass is 19.1. The molecule has 1 aliphatic carbocycles. The van der Waals surface area contributed by atoms with Crippen molar-refractivity contribution in [2.75, 3.05) is 59.5 Å². The van der Waals surface area contributed by atoms with E-state index in [4.69, 9.17) is 4.74 Å². The lowest BCUT2D eigenvalue weighted by molar-refractivity contribution is -0.0326. The summed E-state index contributed by atoms with van der Waals surface area (Å²) in [5, 5.41) is 9.46. The number of hydrogen-bond donors (Lipinski definition) is 0. The summed E-state index contributed by atoms with van der Waals surface area (Å²) in [5.41, 5.74) is 4.50. The van der Waals surface area contributed by atoms with Gasteiger partial charge in [0, 0.05) is 57.3 Å². The van der Waals surface area contributed by atoms with Gasteiger partial charge in [0.2, 0.25) is 0 Å².